The minimum atomic E-state index is -4.03. The van der Waals surface area contributed by atoms with Gasteiger partial charge >= 0.3 is 0 Å². The number of aliphatic imine (C=N–C) groups is 1. The molecule has 4 rings (SSSR count). The van der Waals surface area contributed by atoms with Crippen LogP contribution in [0.5, 0.6) is 0 Å². The molecule has 0 bridgehead atoms. The third kappa shape index (κ3) is 4.11. The van der Waals surface area contributed by atoms with Crippen LogP contribution in [0.15, 0.2) is 64.6 Å². The molecule has 2 aromatic carbocycles. The normalized spacial score (nSPS) is 16.8. The Kier molecular flexibility index (Phi) is 5.63. The Morgan fingerprint density at radius 1 is 1.10 bits per heavy atom. The van der Waals surface area contributed by atoms with Crippen molar-refractivity contribution in [2.24, 2.45) is 4.99 Å². The van der Waals surface area contributed by atoms with Crippen molar-refractivity contribution in [2.45, 2.75) is 24.3 Å². The van der Waals surface area contributed by atoms with Gasteiger partial charge in [-0.1, -0.05) is 36.7 Å². The molecular weight excluding hydrogens is 446 g/mol. The van der Waals surface area contributed by atoms with Crippen molar-refractivity contribution in [3.05, 3.63) is 88.2 Å². The van der Waals surface area contributed by atoms with Crippen molar-refractivity contribution in [3.63, 3.8) is 0 Å². The van der Waals surface area contributed by atoms with E-state index in [1.807, 2.05) is 0 Å². The lowest BCUT2D eigenvalue weighted by Crippen LogP contribution is -2.41. The lowest BCUT2D eigenvalue weighted by Gasteiger charge is -2.27. The van der Waals surface area contributed by atoms with E-state index in [2.05, 4.69) is 20.0 Å². The fraction of sp³-hybridized carbons (Fsp3) is 0.143. The van der Waals surface area contributed by atoms with E-state index in [1.165, 1.54) is 24.4 Å². The maximum absolute atomic E-state index is 14.9. The van der Waals surface area contributed by atoms with Gasteiger partial charge in [0.1, 0.15) is 16.5 Å². The van der Waals surface area contributed by atoms with Crippen LogP contribution in [0.25, 0.3) is 0 Å². The van der Waals surface area contributed by atoms with Crippen LogP contribution < -0.4 is 10.0 Å². The second-order valence-corrected chi connectivity index (χ2v) is 8.96. The first-order valence-electron chi connectivity index (χ1n) is 9.28. The minimum absolute atomic E-state index is 0.0469. The third-order valence-corrected chi connectivity index (χ3v) is 6.67. The first-order valence-corrected chi connectivity index (χ1v) is 11.1. The molecule has 0 saturated heterocycles. The fourth-order valence-corrected chi connectivity index (χ4v) is 4.88. The Morgan fingerprint density at radius 3 is 2.61 bits per heavy atom. The van der Waals surface area contributed by atoms with Crippen molar-refractivity contribution in [3.8, 4) is 0 Å². The van der Waals surface area contributed by atoms with Gasteiger partial charge in [-0.15, -0.1) is 0 Å². The van der Waals surface area contributed by atoms with Crippen LogP contribution in [0.2, 0.25) is 5.02 Å². The molecule has 1 aromatic heterocycles. The Bertz CT molecular complexity index is 1300. The Morgan fingerprint density at radius 2 is 1.87 bits per heavy atom. The van der Waals surface area contributed by atoms with Crippen LogP contribution in [-0.4, -0.2) is 19.4 Å². The van der Waals surface area contributed by atoms with E-state index >= 15 is 0 Å². The number of anilines is 1. The molecule has 0 fully saturated rings. The SMILES string of the molecule is CC(c1ccccc1Cl)c1c(F)ccc2c1NC(=NCc1ncccc1F)NS2(=O)=O. The predicted molar refractivity (Wildman–Crippen MR) is 115 cm³/mol. The molecule has 1 unspecified atom stereocenters. The number of aromatic nitrogens is 1. The average molecular weight is 463 g/mol. The zero-order chi connectivity index (χ0) is 22.2. The van der Waals surface area contributed by atoms with Crippen LogP contribution in [0.4, 0.5) is 14.5 Å². The van der Waals surface area contributed by atoms with Crippen molar-refractivity contribution in [1.82, 2.24) is 9.71 Å². The summed E-state index contributed by atoms with van der Waals surface area (Å²) in [7, 11) is -4.03. The van der Waals surface area contributed by atoms with Crippen molar-refractivity contribution < 1.29 is 17.2 Å². The zero-order valence-corrected chi connectivity index (χ0v) is 17.8. The molecule has 31 heavy (non-hydrogen) atoms. The monoisotopic (exact) mass is 462 g/mol. The maximum Gasteiger partial charge on any atom is 0.266 e. The molecule has 0 radical (unpaired) electrons. The van der Waals surface area contributed by atoms with Gasteiger partial charge in [0.25, 0.3) is 10.0 Å². The number of fused-ring (bicyclic) bond motifs is 1. The van der Waals surface area contributed by atoms with Crippen molar-refractivity contribution >= 4 is 33.3 Å². The zero-order valence-electron chi connectivity index (χ0n) is 16.2. The molecule has 0 spiro atoms. The first kappa shape index (κ1) is 21.2. The molecular formula is C21H17ClF2N4O2S. The number of hydrogen-bond donors (Lipinski definition) is 2. The Hall–Kier alpha value is -3.04. The highest BCUT2D eigenvalue weighted by atomic mass is 35.5. The summed E-state index contributed by atoms with van der Waals surface area (Å²) in [6.07, 6.45) is 1.41. The van der Waals surface area contributed by atoms with Gasteiger partial charge in [-0.25, -0.2) is 26.9 Å². The van der Waals surface area contributed by atoms with Gasteiger partial charge in [0.05, 0.1) is 17.9 Å². The maximum atomic E-state index is 14.9. The number of nitrogens with one attached hydrogen (secondary N) is 2. The molecule has 0 aliphatic carbocycles. The van der Waals surface area contributed by atoms with Gasteiger partial charge in [-0.05, 0) is 35.9 Å². The van der Waals surface area contributed by atoms with E-state index in [9.17, 15) is 17.2 Å². The first-order chi connectivity index (χ1) is 14.8. The van der Waals surface area contributed by atoms with E-state index < -0.39 is 27.6 Å². The van der Waals surface area contributed by atoms with E-state index in [1.54, 1.807) is 31.2 Å². The molecule has 10 heteroatoms. The summed E-state index contributed by atoms with van der Waals surface area (Å²) in [4.78, 5) is 7.86. The highest BCUT2D eigenvalue weighted by Gasteiger charge is 2.32. The van der Waals surface area contributed by atoms with Gasteiger partial charge in [-0.2, -0.15) is 0 Å². The molecule has 6 nitrogen and oxygen atoms in total. The van der Waals surface area contributed by atoms with Crippen molar-refractivity contribution in [1.29, 1.82) is 0 Å². The largest absolute Gasteiger partial charge is 0.324 e. The molecule has 3 aromatic rings. The smallest absolute Gasteiger partial charge is 0.266 e. The Labute approximate surface area is 183 Å². The number of sulfonamides is 1. The molecule has 2 heterocycles. The fourth-order valence-electron chi connectivity index (χ4n) is 3.42. The molecule has 1 aliphatic rings. The van der Waals surface area contributed by atoms with Crippen molar-refractivity contribution in [2.75, 3.05) is 5.32 Å². The Balaban J connectivity index is 1.78. The average Bonchev–Trinajstić information content (AvgIpc) is 2.72. The second kappa shape index (κ2) is 8.24. The predicted octanol–water partition coefficient (Wildman–Crippen LogP) is 4.43. The van der Waals surface area contributed by atoms with Crippen LogP contribution >= 0.6 is 11.6 Å². The summed E-state index contributed by atoms with van der Waals surface area (Å²) in [5, 5.41) is 3.28. The number of hydrogen-bond acceptors (Lipinski definition) is 4. The quantitative estimate of drug-likeness (QED) is 0.601. The summed E-state index contributed by atoms with van der Waals surface area (Å²) in [5.74, 6) is -1.87. The third-order valence-electron chi connectivity index (χ3n) is 4.94. The van der Waals surface area contributed by atoms with E-state index in [0.29, 0.717) is 10.6 Å². The minimum Gasteiger partial charge on any atom is -0.324 e. The summed E-state index contributed by atoms with van der Waals surface area (Å²) in [6.45, 7) is 1.52. The number of pyridine rings is 1. The number of rotatable bonds is 4. The standard InChI is InChI=1S/C21H17ClF2N4O2S/c1-12(13-5-2-3-6-14(13)22)19-16(24)8-9-18-20(19)27-21(28-31(18,29)30)26-11-17-15(23)7-4-10-25-17/h2-10,12H,11H2,1H3,(H2,26,27,28). The lowest BCUT2D eigenvalue weighted by atomic mass is 9.91. The van der Waals surface area contributed by atoms with Gasteiger partial charge in [0.2, 0.25) is 5.96 Å². The van der Waals surface area contributed by atoms with Gasteiger partial charge in [0.15, 0.2) is 0 Å². The second-order valence-electron chi connectivity index (χ2n) is 6.90. The number of nitrogens with zero attached hydrogens (tertiary/aromatic N) is 2. The summed E-state index contributed by atoms with van der Waals surface area (Å²) < 4.78 is 56.6. The topological polar surface area (TPSA) is 83.4 Å². The van der Waals surface area contributed by atoms with Crippen LogP contribution in [-0.2, 0) is 16.6 Å². The van der Waals surface area contributed by atoms with Gasteiger partial charge in [0, 0.05) is 22.7 Å². The highest BCUT2D eigenvalue weighted by molar-refractivity contribution is 7.90. The molecule has 160 valence electrons. The molecule has 1 aliphatic heterocycles. The van der Waals surface area contributed by atoms with E-state index in [-0.39, 0.29) is 34.3 Å². The lowest BCUT2D eigenvalue weighted by molar-refractivity contribution is 0.586. The number of halogens is 3. The summed E-state index contributed by atoms with van der Waals surface area (Å²) >= 11 is 6.28. The van der Waals surface area contributed by atoms with E-state index in [4.69, 9.17) is 11.6 Å². The van der Waals surface area contributed by atoms with Gasteiger partial charge in [-0.3, -0.25) is 4.98 Å². The summed E-state index contributed by atoms with van der Waals surface area (Å²) in [5.41, 5.74) is 0.882. The molecule has 1 atom stereocenters. The van der Waals surface area contributed by atoms with Crippen LogP contribution in [0.3, 0.4) is 0 Å². The molecule has 2 N–H and O–H groups in total. The number of benzene rings is 2. The van der Waals surface area contributed by atoms with Gasteiger partial charge < -0.3 is 5.32 Å². The number of guanidine groups is 1. The molecule has 0 saturated carbocycles. The summed E-state index contributed by atoms with van der Waals surface area (Å²) in [6, 6.07) is 11.9. The van der Waals surface area contributed by atoms with Crippen LogP contribution in [0, 0.1) is 11.6 Å². The highest BCUT2D eigenvalue weighted by Crippen LogP contribution is 2.39. The molecule has 0 amide bonds. The van der Waals surface area contributed by atoms with E-state index in [0.717, 1.165) is 6.07 Å². The van der Waals surface area contributed by atoms with Crippen LogP contribution in [0.1, 0.15) is 29.7 Å².